The minimum Gasteiger partial charge on any atom is -0.0616 e. The average molecular weight is 486 g/mol. The first-order chi connectivity index (χ1) is 13.8. The van der Waals surface area contributed by atoms with Crippen molar-refractivity contribution >= 4 is 43.0 Å². The summed E-state index contributed by atoms with van der Waals surface area (Å²) >= 11 is 7.69. The fourth-order valence-corrected chi connectivity index (χ4v) is 5.79. The molecule has 0 radical (unpaired) electrons. The summed E-state index contributed by atoms with van der Waals surface area (Å²) in [6.45, 7) is 0. The van der Waals surface area contributed by atoms with E-state index in [-0.39, 0.29) is 0 Å². The molecule has 0 bridgehead atoms. The second-order valence-corrected chi connectivity index (χ2v) is 8.87. The van der Waals surface area contributed by atoms with Gasteiger partial charge in [0.15, 0.2) is 0 Å². The zero-order valence-electron chi connectivity index (χ0n) is 14.8. The van der Waals surface area contributed by atoms with Crippen molar-refractivity contribution in [2.75, 3.05) is 0 Å². The smallest absolute Gasteiger partial charge is 0.0260 e. The van der Waals surface area contributed by atoms with Crippen molar-refractivity contribution in [2.24, 2.45) is 0 Å². The molecule has 2 aliphatic rings. The molecule has 0 fully saturated rings. The van der Waals surface area contributed by atoms with Crippen molar-refractivity contribution in [1.82, 2.24) is 0 Å². The number of fused-ring (bicyclic) bond motifs is 6. The van der Waals surface area contributed by atoms with Crippen LogP contribution in [0.15, 0.2) is 93.9 Å². The molecular formula is C26H14Br2. The summed E-state index contributed by atoms with van der Waals surface area (Å²) < 4.78 is 2.28. The van der Waals surface area contributed by atoms with Gasteiger partial charge in [-0.25, -0.2) is 0 Å². The van der Waals surface area contributed by atoms with Gasteiger partial charge in [0.2, 0.25) is 0 Å². The predicted octanol–water partition coefficient (Wildman–Crippen LogP) is 8.18. The molecule has 0 spiro atoms. The van der Waals surface area contributed by atoms with E-state index in [4.69, 9.17) is 0 Å². The van der Waals surface area contributed by atoms with E-state index in [1.54, 1.807) is 0 Å². The number of rotatable bonds is 0. The molecule has 4 aromatic rings. The van der Waals surface area contributed by atoms with Crippen LogP contribution in [0, 0.1) is 0 Å². The summed E-state index contributed by atoms with van der Waals surface area (Å²) in [6, 6.07) is 30.5. The molecule has 0 aliphatic heterocycles. The fourth-order valence-electron chi connectivity index (χ4n) is 4.67. The first-order valence-electron chi connectivity index (χ1n) is 9.27. The molecule has 0 saturated carbocycles. The first-order valence-corrected chi connectivity index (χ1v) is 10.9. The molecule has 2 heteroatoms. The molecule has 0 saturated heterocycles. The van der Waals surface area contributed by atoms with E-state index >= 15 is 0 Å². The van der Waals surface area contributed by atoms with E-state index in [0.29, 0.717) is 0 Å². The Hall–Kier alpha value is -2.42. The maximum Gasteiger partial charge on any atom is 0.0260 e. The molecule has 0 amide bonds. The topological polar surface area (TPSA) is 0 Å². The Balaban J connectivity index is 1.85. The number of hydrogen-bond acceptors (Lipinski definition) is 0. The molecule has 2 aliphatic carbocycles. The molecule has 0 aromatic heterocycles. The quantitative estimate of drug-likeness (QED) is 0.203. The molecule has 0 atom stereocenters. The van der Waals surface area contributed by atoms with Crippen LogP contribution in [0.5, 0.6) is 0 Å². The monoisotopic (exact) mass is 484 g/mol. The highest BCUT2D eigenvalue weighted by atomic mass is 79.9. The molecule has 0 nitrogen and oxygen atoms in total. The SMILES string of the molecule is Brc1cccc2c1C(=C1c3ccccc3-c3cccc(Br)c31)c1ccccc1-2. The summed E-state index contributed by atoms with van der Waals surface area (Å²) in [4.78, 5) is 0. The molecular weight excluding hydrogens is 472 g/mol. The van der Waals surface area contributed by atoms with Crippen molar-refractivity contribution in [3.63, 3.8) is 0 Å². The van der Waals surface area contributed by atoms with Crippen LogP contribution < -0.4 is 0 Å². The Morgan fingerprint density at radius 1 is 0.357 bits per heavy atom. The molecule has 0 heterocycles. The summed E-state index contributed by atoms with van der Waals surface area (Å²) in [5.74, 6) is 0. The van der Waals surface area contributed by atoms with Crippen LogP contribution in [0.4, 0.5) is 0 Å². The van der Waals surface area contributed by atoms with E-state index in [0.717, 1.165) is 8.95 Å². The second-order valence-electron chi connectivity index (χ2n) is 7.17. The standard InChI is InChI=1S/C26H14Br2/c27-21-13-5-11-17-15-7-1-3-9-19(15)25(23(17)21)26-20-10-4-2-8-16(20)18-12-6-14-22(28)24(18)26/h1-14H. The van der Waals surface area contributed by atoms with E-state index in [1.165, 1.54) is 55.7 Å². The summed E-state index contributed by atoms with van der Waals surface area (Å²) in [6.07, 6.45) is 0. The minimum atomic E-state index is 1.14. The van der Waals surface area contributed by atoms with Gasteiger partial charge in [-0.05, 0) is 56.7 Å². The van der Waals surface area contributed by atoms with Gasteiger partial charge >= 0.3 is 0 Å². The van der Waals surface area contributed by atoms with Crippen LogP contribution in [0.1, 0.15) is 22.3 Å². The summed E-state index contributed by atoms with van der Waals surface area (Å²) in [5, 5.41) is 0. The van der Waals surface area contributed by atoms with Crippen molar-refractivity contribution in [3.8, 4) is 22.3 Å². The summed E-state index contributed by atoms with van der Waals surface area (Å²) in [5.41, 5.74) is 13.0. The Labute approximate surface area is 180 Å². The highest BCUT2D eigenvalue weighted by Crippen LogP contribution is 2.56. The largest absolute Gasteiger partial charge is 0.0616 e. The third kappa shape index (κ3) is 2.10. The predicted molar refractivity (Wildman–Crippen MR) is 124 cm³/mol. The van der Waals surface area contributed by atoms with Gasteiger partial charge < -0.3 is 0 Å². The average Bonchev–Trinajstić information content (AvgIpc) is 3.23. The fraction of sp³-hybridized carbons (Fsp3) is 0. The van der Waals surface area contributed by atoms with Gasteiger partial charge in [0, 0.05) is 20.1 Å². The van der Waals surface area contributed by atoms with Crippen LogP contribution in [0.3, 0.4) is 0 Å². The van der Waals surface area contributed by atoms with Crippen LogP contribution in [-0.4, -0.2) is 0 Å². The van der Waals surface area contributed by atoms with Gasteiger partial charge in [0.1, 0.15) is 0 Å². The molecule has 0 unspecified atom stereocenters. The zero-order valence-corrected chi connectivity index (χ0v) is 18.0. The van der Waals surface area contributed by atoms with Gasteiger partial charge in [0.05, 0.1) is 0 Å². The molecule has 132 valence electrons. The second kappa shape index (κ2) is 6.04. The van der Waals surface area contributed by atoms with E-state index in [1.807, 2.05) is 0 Å². The first kappa shape index (κ1) is 16.5. The molecule has 6 rings (SSSR count). The number of benzene rings is 4. The van der Waals surface area contributed by atoms with Crippen LogP contribution in [-0.2, 0) is 0 Å². The minimum absolute atomic E-state index is 1.14. The normalized spacial score (nSPS) is 15.8. The Bertz CT molecular complexity index is 1230. The zero-order chi connectivity index (χ0) is 18.8. The van der Waals surface area contributed by atoms with Crippen LogP contribution in [0.25, 0.3) is 33.4 Å². The Morgan fingerprint density at radius 3 is 1.14 bits per heavy atom. The van der Waals surface area contributed by atoms with Crippen molar-refractivity contribution in [1.29, 1.82) is 0 Å². The maximum absolute atomic E-state index is 3.85. The lowest BCUT2D eigenvalue weighted by Crippen LogP contribution is -1.92. The van der Waals surface area contributed by atoms with Gasteiger partial charge in [-0.3, -0.25) is 0 Å². The maximum atomic E-state index is 3.85. The van der Waals surface area contributed by atoms with E-state index in [2.05, 4.69) is 117 Å². The Morgan fingerprint density at radius 2 is 0.714 bits per heavy atom. The van der Waals surface area contributed by atoms with Gasteiger partial charge in [0.25, 0.3) is 0 Å². The highest BCUT2D eigenvalue weighted by Gasteiger charge is 2.33. The number of hydrogen-bond donors (Lipinski definition) is 0. The molecule has 0 N–H and O–H groups in total. The van der Waals surface area contributed by atoms with Crippen molar-refractivity contribution in [2.45, 2.75) is 0 Å². The number of halogens is 2. The molecule has 4 aromatic carbocycles. The van der Waals surface area contributed by atoms with Crippen LogP contribution in [0.2, 0.25) is 0 Å². The highest BCUT2D eigenvalue weighted by molar-refractivity contribution is 9.10. The van der Waals surface area contributed by atoms with E-state index < -0.39 is 0 Å². The Kier molecular flexibility index (Phi) is 3.56. The lowest BCUT2D eigenvalue weighted by Gasteiger charge is -2.13. The molecule has 28 heavy (non-hydrogen) atoms. The summed E-state index contributed by atoms with van der Waals surface area (Å²) in [7, 11) is 0. The third-order valence-corrected chi connectivity index (χ3v) is 7.07. The van der Waals surface area contributed by atoms with Crippen molar-refractivity contribution in [3.05, 3.63) is 116 Å². The van der Waals surface area contributed by atoms with Crippen LogP contribution >= 0.6 is 31.9 Å². The lowest BCUT2D eigenvalue weighted by atomic mass is 9.92. The lowest BCUT2D eigenvalue weighted by molar-refractivity contribution is 1.57. The van der Waals surface area contributed by atoms with Crippen molar-refractivity contribution < 1.29 is 0 Å². The van der Waals surface area contributed by atoms with Gasteiger partial charge in [-0.15, -0.1) is 0 Å². The van der Waals surface area contributed by atoms with E-state index in [9.17, 15) is 0 Å². The third-order valence-electron chi connectivity index (χ3n) is 5.75. The van der Waals surface area contributed by atoms with Gasteiger partial charge in [-0.1, -0.05) is 105 Å². The van der Waals surface area contributed by atoms with Gasteiger partial charge in [-0.2, -0.15) is 0 Å².